The molecule has 3 aromatic rings. The second kappa shape index (κ2) is 6.23. The molecule has 0 aliphatic rings. The number of ketones is 1. The van der Waals surface area contributed by atoms with E-state index in [-0.39, 0.29) is 5.78 Å². The van der Waals surface area contributed by atoms with Gasteiger partial charge in [-0.1, -0.05) is 30.3 Å². The smallest absolute Gasteiger partial charge is 0.193 e. The van der Waals surface area contributed by atoms with Crippen LogP contribution in [0.25, 0.3) is 0 Å². The Bertz CT molecular complexity index is 845. The second-order valence-corrected chi connectivity index (χ2v) is 5.12. The lowest BCUT2D eigenvalue weighted by molar-refractivity contribution is 0.103. The molecule has 4 N–H and O–H groups in total. The normalized spacial score (nSPS) is 10.3. The molecule has 0 radical (unpaired) electrons. The molecule has 0 heterocycles. The van der Waals surface area contributed by atoms with Crippen molar-refractivity contribution in [3.05, 3.63) is 83.9 Å². The first-order valence-corrected chi connectivity index (χ1v) is 7.16. The van der Waals surface area contributed by atoms with Crippen LogP contribution in [-0.2, 0) is 0 Å². The molecule has 3 rings (SSSR count). The van der Waals surface area contributed by atoms with Gasteiger partial charge in [0.25, 0.3) is 0 Å². The van der Waals surface area contributed by atoms with Crippen LogP contribution in [0.3, 0.4) is 0 Å². The van der Waals surface area contributed by atoms with Gasteiger partial charge in [-0.05, 0) is 42.5 Å². The van der Waals surface area contributed by atoms with Gasteiger partial charge >= 0.3 is 0 Å². The topological polar surface area (TPSA) is 78.3 Å². The van der Waals surface area contributed by atoms with Crippen LogP contribution in [0.15, 0.2) is 72.8 Å². The van der Waals surface area contributed by atoms with Crippen LogP contribution in [0, 0.1) is 0 Å². The van der Waals surface area contributed by atoms with Gasteiger partial charge in [0.2, 0.25) is 0 Å². The Kier molecular flexibility index (Phi) is 3.97. The van der Waals surface area contributed by atoms with E-state index in [1.807, 2.05) is 30.3 Å². The first kappa shape index (κ1) is 14.7. The largest absolute Gasteiger partial charge is 0.455 e. The maximum absolute atomic E-state index is 12.6. The zero-order chi connectivity index (χ0) is 16.2. The fourth-order valence-electron chi connectivity index (χ4n) is 2.23. The molecule has 0 bridgehead atoms. The predicted octanol–water partition coefficient (Wildman–Crippen LogP) is 3.87. The Balaban J connectivity index is 1.92. The number of carbonyl (C=O) groups excluding carboxylic acids is 1. The summed E-state index contributed by atoms with van der Waals surface area (Å²) in [7, 11) is 0. The number of para-hydroxylation sites is 1. The standard InChI is InChI=1S/C19H16N2O2/c20-15-6-4-5-13(11-15)19(22)14-9-10-17(21)18(12-14)23-16-7-2-1-3-8-16/h1-12H,20-21H2. The molecule has 0 fully saturated rings. The third-order valence-electron chi connectivity index (χ3n) is 3.40. The maximum Gasteiger partial charge on any atom is 0.193 e. The SMILES string of the molecule is Nc1cccc(C(=O)c2ccc(N)c(Oc3ccccc3)c2)c1. The summed E-state index contributed by atoms with van der Waals surface area (Å²) in [6, 6.07) is 21.1. The lowest BCUT2D eigenvalue weighted by atomic mass is 10.0. The zero-order valence-corrected chi connectivity index (χ0v) is 12.4. The summed E-state index contributed by atoms with van der Waals surface area (Å²) in [5, 5.41) is 0. The van der Waals surface area contributed by atoms with Gasteiger partial charge < -0.3 is 16.2 Å². The number of hydrogen-bond acceptors (Lipinski definition) is 4. The van der Waals surface area contributed by atoms with E-state index in [9.17, 15) is 4.79 Å². The molecule has 0 aliphatic heterocycles. The molecule has 3 aromatic carbocycles. The third-order valence-corrected chi connectivity index (χ3v) is 3.40. The van der Waals surface area contributed by atoms with Crippen LogP contribution >= 0.6 is 0 Å². The van der Waals surface area contributed by atoms with Gasteiger partial charge in [0, 0.05) is 16.8 Å². The van der Waals surface area contributed by atoms with E-state index >= 15 is 0 Å². The van der Waals surface area contributed by atoms with Gasteiger partial charge in [-0.25, -0.2) is 0 Å². The highest BCUT2D eigenvalue weighted by Crippen LogP contribution is 2.29. The third kappa shape index (κ3) is 3.32. The van der Waals surface area contributed by atoms with Crippen molar-refractivity contribution < 1.29 is 9.53 Å². The Labute approximate surface area is 134 Å². The summed E-state index contributed by atoms with van der Waals surface area (Å²) in [6.07, 6.45) is 0. The molecule has 0 aliphatic carbocycles. The van der Waals surface area contributed by atoms with Crippen molar-refractivity contribution in [2.45, 2.75) is 0 Å². The quantitative estimate of drug-likeness (QED) is 0.566. The van der Waals surface area contributed by atoms with E-state index in [4.69, 9.17) is 16.2 Å². The van der Waals surface area contributed by atoms with Crippen LogP contribution < -0.4 is 16.2 Å². The zero-order valence-electron chi connectivity index (χ0n) is 12.4. The Morgan fingerprint density at radius 2 is 1.52 bits per heavy atom. The molecule has 4 nitrogen and oxygen atoms in total. The summed E-state index contributed by atoms with van der Waals surface area (Å²) in [6.45, 7) is 0. The number of benzene rings is 3. The maximum atomic E-state index is 12.6. The molecule has 0 aromatic heterocycles. The van der Waals surface area contributed by atoms with Crippen molar-refractivity contribution >= 4 is 17.2 Å². The van der Waals surface area contributed by atoms with Gasteiger partial charge in [0.15, 0.2) is 11.5 Å². The number of rotatable bonds is 4. The Morgan fingerprint density at radius 3 is 2.26 bits per heavy atom. The van der Waals surface area contributed by atoms with Gasteiger partial charge in [0.1, 0.15) is 5.75 Å². The van der Waals surface area contributed by atoms with Crippen molar-refractivity contribution in [1.82, 2.24) is 0 Å². The second-order valence-electron chi connectivity index (χ2n) is 5.12. The van der Waals surface area contributed by atoms with Crippen LogP contribution in [0.1, 0.15) is 15.9 Å². The Morgan fingerprint density at radius 1 is 0.783 bits per heavy atom. The first-order chi connectivity index (χ1) is 11.1. The van der Waals surface area contributed by atoms with Gasteiger partial charge in [-0.2, -0.15) is 0 Å². The van der Waals surface area contributed by atoms with Crippen molar-refractivity contribution in [3.63, 3.8) is 0 Å². The number of anilines is 2. The Hall–Kier alpha value is -3.27. The molecule has 4 heteroatoms. The first-order valence-electron chi connectivity index (χ1n) is 7.16. The molecule has 23 heavy (non-hydrogen) atoms. The van der Waals surface area contributed by atoms with Crippen LogP contribution in [-0.4, -0.2) is 5.78 Å². The van der Waals surface area contributed by atoms with E-state index in [2.05, 4.69) is 0 Å². The summed E-state index contributed by atoms with van der Waals surface area (Å²) in [5.74, 6) is 0.980. The van der Waals surface area contributed by atoms with E-state index in [1.54, 1.807) is 42.5 Å². The number of hydrogen-bond donors (Lipinski definition) is 2. The summed E-state index contributed by atoms with van der Waals surface area (Å²) < 4.78 is 5.76. The molecular formula is C19H16N2O2. The number of carbonyl (C=O) groups is 1. The molecule has 0 saturated heterocycles. The highest BCUT2D eigenvalue weighted by Gasteiger charge is 2.12. The van der Waals surface area contributed by atoms with Gasteiger partial charge in [-0.15, -0.1) is 0 Å². The number of nitrogen functional groups attached to an aromatic ring is 2. The minimum Gasteiger partial charge on any atom is -0.455 e. The lowest BCUT2D eigenvalue weighted by Crippen LogP contribution is -2.03. The molecule has 0 atom stereocenters. The molecular weight excluding hydrogens is 288 g/mol. The fraction of sp³-hybridized carbons (Fsp3) is 0. The minimum atomic E-state index is -0.129. The van der Waals surface area contributed by atoms with Gasteiger partial charge in [0.05, 0.1) is 5.69 Å². The van der Waals surface area contributed by atoms with E-state index in [0.717, 1.165) is 0 Å². The minimum absolute atomic E-state index is 0.129. The van der Waals surface area contributed by atoms with E-state index < -0.39 is 0 Å². The van der Waals surface area contributed by atoms with Crippen LogP contribution in [0.4, 0.5) is 11.4 Å². The molecule has 0 saturated carbocycles. The number of ether oxygens (including phenoxy) is 1. The number of nitrogens with two attached hydrogens (primary N) is 2. The summed E-state index contributed by atoms with van der Waals surface area (Å²) in [4.78, 5) is 12.6. The van der Waals surface area contributed by atoms with Crippen molar-refractivity contribution in [1.29, 1.82) is 0 Å². The summed E-state index contributed by atoms with van der Waals surface area (Å²) >= 11 is 0. The highest BCUT2D eigenvalue weighted by atomic mass is 16.5. The predicted molar refractivity (Wildman–Crippen MR) is 91.7 cm³/mol. The van der Waals surface area contributed by atoms with Crippen LogP contribution in [0.5, 0.6) is 11.5 Å². The van der Waals surface area contributed by atoms with Crippen molar-refractivity contribution in [2.75, 3.05) is 11.5 Å². The molecule has 114 valence electrons. The summed E-state index contributed by atoms with van der Waals surface area (Å²) in [5.41, 5.74) is 13.7. The van der Waals surface area contributed by atoms with E-state index in [0.29, 0.717) is 34.0 Å². The van der Waals surface area contributed by atoms with Crippen molar-refractivity contribution in [2.24, 2.45) is 0 Å². The monoisotopic (exact) mass is 304 g/mol. The molecule has 0 spiro atoms. The van der Waals surface area contributed by atoms with Crippen molar-refractivity contribution in [3.8, 4) is 11.5 Å². The van der Waals surface area contributed by atoms with E-state index in [1.165, 1.54) is 0 Å². The van der Waals surface area contributed by atoms with Crippen LogP contribution in [0.2, 0.25) is 0 Å². The average molecular weight is 304 g/mol. The highest BCUT2D eigenvalue weighted by molar-refractivity contribution is 6.09. The van der Waals surface area contributed by atoms with Gasteiger partial charge in [-0.3, -0.25) is 4.79 Å². The average Bonchev–Trinajstić information content (AvgIpc) is 2.57. The molecule has 0 amide bonds. The lowest BCUT2D eigenvalue weighted by Gasteiger charge is -2.10. The fourth-order valence-corrected chi connectivity index (χ4v) is 2.23. The molecule has 0 unspecified atom stereocenters.